The number of rotatable bonds is 5. The van der Waals surface area contributed by atoms with E-state index in [1.807, 2.05) is 12.1 Å². The summed E-state index contributed by atoms with van der Waals surface area (Å²) in [6.07, 6.45) is 2.09. The first-order valence-electron chi connectivity index (χ1n) is 6.75. The standard InChI is InChI=1S/C17H19BrN2S/c1-12-4-9-16(13(2)10-12)19-20-17(11-21-3)14-5-7-15(18)8-6-14/h4-10,19H,11H2,1-3H3. The van der Waals surface area contributed by atoms with Gasteiger partial charge in [-0.15, -0.1) is 0 Å². The van der Waals surface area contributed by atoms with Gasteiger partial charge in [-0.2, -0.15) is 16.9 Å². The van der Waals surface area contributed by atoms with Crippen molar-refractivity contribution in [3.63, 3.8) is 0 Å². The van der Waals surface area contributed by atoms with Crippen LogP contribution in [0.4, 0.5) is 5.69 Å². The Balaban J connectivity index is 2.23. The molecule has 21 heavy (non-hydrogen) atoms. The number of aryl methyl sites for hydroxylation is 2. The SMILES string of the molecule is CSCC(=NNc1ccc(C)cc1C)c1ccc(Br)cc1. The van der Waals surface area contributed by atoms with Crippen LogP contribution in [0.1, 0.15) is 16.7 Å². The summed E-state index contributed by atoms with van der Waals surface area (Å²) in [5.74, 6) is 0.875. The number of hydrogen-bond donors (Lipinski definition) is 1. The van der Waals surface area contributed by atoms with E-state index in [2.05, 4.69) is 76.9 Å². The second-order valence-corrected chi connectivity index (χ2v) is 6.71. The molecule has 0 bridgehead atoms. The van der Waals surface area contributed by atoms with Crippen LogP contribution >= 0.6 is 27.7 Å². The van der Waals surface area contributed by atoms with E-state index in [-0.39, 0.29) is 0 Å². The molecule has 2 nitrogen and oxygen atoms in total. The number of hydrogen-bond acceptors (Lipinski definition) is 3. The van der Waals surface area contributed by atoms with Crippen molar-refractivity contribution in [1.82, 2.24) is 0 Å². The molecule has 0 radical (unpaired) electrons. The van der Waals surface area contributed by atoms with E-state index >= 15 is 0 Å². The number of nitrogens with one attached hydrogen (secondary N) is 1. The van der Waals surface area contributed by atoms with Crippen LogP contribution < -0.4 is 5.43 Å². The summed E-state index contributed by atoms with van der Waals surface area (Å²) in [6.45, 7) is 4.19. The summed E-state index contributed by atoms with van der Waals surface area (Å²) >= 11 is 5.23. The summed E-state index contributed by atoms with van der Waals surface area (Å²) in [7, 11) is 0. The Morgan fingerprint density at radius 2 is 1.86 bits per heavy atom. The summed E-state index contributed by atoms with van der Waals surface area (Å²) < 4.78 is 1.08. The molecular weight excluding hydrogens is 344 g/mol. The van der Waals surface area contributed by atoms with Crippen molar-refractivity contribution in [2.75, 3.05) is 17.4 Å². The van der Waals surface area contributed by atoms with Crippen molar-refractivity contribution in [3.05, 3.63) is 63.6 Å². The molecule has 2 aromatic rings. The highest BCUT2D eigenvalue weighted by atomic mass is 79.9. The maximum absolute atomic E-state index is 4.60. The molecule has 0 unspecified atom stereocenters. The Morgan fingerprint density at radius 1 is 1.14 bits per heavy atom. The lowest BCUT2D eigenvalue weighted by molar-refractivity contribution is 1.28. The van der Waals surface area contributed by atoms with Crippen molar-refractivity contribution in [2.24, 2.45) is 5.10 Å². The average Bonchev–Trinajstić information content (AvgIpc) is 2.46. The molecule has 0 aliphatic carbocycles. The zero-order valence-electron chi connectivity index (χ0n) is 12.5. The molecule has 0 amide bonds. The van der Waals surface area contributed by atoms with Gasteiger partial charge in [0.05, 0.1) is 11.4 Å². The van der Waals surface area contributed by atoms with Crippen molar-refractivity contribution in [3.8, 4) is 0 Å². The number of benzene rings is 2. The van der Waals surface area contributed by atoms with Crippen molar-refractivity contribution in [1.29, 1.82) is 0 Å². The molecular formula is C17H19BrN2S. The highest BCUT2D eigenvalue weighted by Crippen LogP contribution is 2.17. The summed E-state index contributed by atoms with van der Waals surface area (Å²) in [6, 6.07) is 14.6. The average molecular weight is 363 g/mol. The Labute approximate surface area is 139 Å². The molecule has 0 fully saturated rings. The van der Waals surface area contributed by atoms with Crippen LogP contribution in [0.25, 0.3) is 0 Å². The third-order valence-corrected chi connectivity index (χ3v) is 4.24. The molecule has 0 saturated heterocycles. The van der Waals surface area contributed by atoms with Crippen LogP contribution in [0.2, 0.25) is 0 Å². The van der Waals surface area contributed by atoms with Gasteiger partial charge in [0, 0.05) is 10.2 Å². The predicted molar refractivity (Wildman–Crippen MR) is 98.6 cm³/mol. The lowest BCUT2D eigenvalue weighted by Gasteiger charge is -2.09. The third-order valence-electron chi connectivity index (χ3n) is 3.15. The fraction of sp³-hybridized carbons (Fsp3) is 0.235. The largest absolute Gasteiger partial charge is 0.278 e. The van der Waals surface area contributed by atoms with Gasteiger partial charge in [-0.1, -0.05) is 45.8 Å². The van der Waals surface area contributed by atoms with Gasteiger partial charge < -0.3 is 0 Å². The van der Waals surface area contributed by atoms with Crippen LogP contribution in [0, 0.1) is 13.8 Å². The quantitative estimate of drug-likeness (QED) is 0.580. The topological polar surface area (TPSA) is 24.4 Å². The van der Waals surface area contributed by atoms with Gasteiger partial charge in [0.25, 0.3) is 0 Å². The number of nitrogens with zero attached hydrogens (tertiary/aromatic N) is 1. The molecule has 0 saturated carbocycles. The van der Waals surface area contributed by atoms with Crippen LogP contribution in [0.5, 0.6) is 0 Å². The summed E-state index contributed by atoms with van der Waals surface area (Å²) in [5, 5.41) is 4.60. The minimum Gasteiger partial charge on any atom is -0.278 e. The predicted octanol–water partition coefficient (Wildman–Crippen LogP) is 5.25. The minimum atomic E-state index is 0.875. The molecule has 110 valence electrons. The summed E-state index contributed by atoms with van der Waals surface area (Å²) in [4.78, 5) is 0. The van der Waals surface area contributed by atoms with E-state index in [4.69, 9.17) is 0 Å². The molecule has 1 N–H and O–H groups in total. The first kappa shape index (κ1) is 16.1. The number of thioether (sulfide) groups is 1. The van der Waals surface area contributed by atoms with Gasteiger partial charge in [0.2, 0.25) is 0 Å². The van der Waals surface area contributed by atoms with E-state index in [1.165, 1.54) is 11.1 Å². The van der Waals surface area contributed by atoms with Crippen LogP contribution in [-0.2, 0) is 0 Å². The molecule has 2 rings (SSSR count). The van der Waals surface area contributed by atoms with E-state index in [9.17, 15) is 0 Å². The zero-order valence-corrected chi connectivity index (χ0v) is 14.9. The Bertz CT molecular complexity index is 636. The van der Waals surface area contributed by atoms with Gasteiger partial charge in [0.15, 0.2) is 0 Å². The van der Waals surface area contributed by atoms with E-state index in [0.717, 1.165) is 27.2 Å². The first-order valence-corrected chi connectivity index (χ1v) is 8.93. The Hall–Kier alpha value is -1.26. The number of halogens is 1. The van der Waals surface area contributed by atoms with Gasteiger partial charge >= 0.3 is 0 Å². The van der Waals surface area contributed by atoms with Crippen LogP contribution in [0.15, 0.2) is 52.0 Å². The summed E-state index contributed by atoms with van der Waals surface area (Å²) in [5.41, 5.74) is 8.92. The molecule has 0 spiro atoms. The molecule has 2 aromatic carbocycles. The van der Waals surface area contributed by atoms with Crippen molar-refractivity contribution in [2.45, 2.75) is 13.8 Å². The van der Waals surface area contributed by atoms with Crippen LogP contribution in [0.3, 0.4) is 0 Å². The maximum Gasteiger partial charge on any atom is 0.0778 e. The lowest BCUT2D eigenvalue weighted by Crippen LogP contribution is -2.08. The molecule has 0 aromatic heterocycles. The zero-order chi connectivity index (χ0) is 15.2. The molecule has 4 heteroatoms. The molecule has 0 heterocycles. The number of anilines is 1. The highest BCUT2D eigenvalue weighted by molar-refractivity contribution is 9.10. The van der Waals surface area contributed by atoms with Crippen LogP contribution in [-0.4, -0.2) is 17.7 Å². The molecule has 0 aliphatic rings. The monoisotopic (exact) mass is 362 g/mol. The van der Waals surface area contributed by atoms with E-state index < -0.39 is 0 Å². The first-order chi connectivity index (χ1) is 10.1. The fourth-order valence-electron chi connectivity index (χ4n) is 2.03. The smallest absolute Gasteiger partial charge is 0.0778 e. The van der Waals surface area contributed by atoms with Gasteiger partial charge in [-0.3, -0.25) is 5.43 Å². The fourth-order valence-corrected chi connectivity index (χ4v) is 2.79. The van der Waals surface area contributed by atoms with Crippen molar-refractivity contribution >= 4 is 39.1 Å². The van der Waals surface area contributed by atoms with E-state index in [1.54, 1.807) is 11.8 Å². The van der Waals surface area contributed by atoms with Gasteiger partial charge in [0.1, 0.15) is 0 Å². The lowest BCUT2D eigenvalue weighted by atomic mass is 10.1. The third kappa shape index (κ3) is 4.61. The Kier molecular flexibility index (Phi) is 5.88. The molecule has 0 aliphatic heterocycles. The second-order valence-electron chi connectivity index (χ2n) is 4.93. The second kappa shape index (κ2) is 7.66. The highest BCUT2D eigenvalue weighted by Gasteiger charge is 2.04. The number of hydrazone groups is 1. The maximum atomic E-state index is 4.60. The van der Waals surface area contributed by atoms with E-state index in [0.29, 0.717) is 0 Å². The van der Waals surface area contributed by atoms with Gasteiger partial charge in [-0.25, -0.2) is 0 Å². The minimum absolute atomic E-state index is 0.875. The molecule has 0 atom stereocenters. The van der Waals surface area contributed by atoms with Crippen molar-refractivity contribution < 1.29 is 0 Å². The Morgan fingerprint density at radius 3 is 2.48 bits per heavy atom. The normalized spacial score (nSPS) is 11.5. The van der Waals surface area contributed by atoms with Gasteiger partial charge in [-0.05, 0) is 49.4 Å².